The highest BCUT2D eigenvalue weighted by molar-refractivity contribution is 7.91. The minimum absolute atomic E-state index is 0.0743. The van der Waals surface area contributed by atoms with E-state index < -0.39 is 21.6 Å². The van der Waals surface area contributed by atoms with Crippen molar-refractivity contribution >= 4 is 38.2 Å². The number of alkyl halides is 2. The summed E-state index contributed by atoms with van der Waals surface area (Å²) >= 11 is 0. The first-order valence-corrected chi connectivity index (χ1v) is 12.1. The van der Waals surface area contributed by atoms with Crippen LogP contribution in [0.25, 0.3) is 11.0 Å². The van der Waals surface area contributed by atoms with Crippen LogP contribution in [0.4, 0.5) is 20.3 Å². The van der Waals surface area contributed by atoms with Gasteiger partial charge in [0, 0.05) is 54.4 Å². The molecule has 1 aliphatic heterocycles. The number of amides is 1. The highest BCUT2D eigenvalue weighted by Gasteiger charge is 2.33. The fourth-order valence-corrected chi connectivity index (χ4v) is 4.38. The molecule has 0 aliphatic carbocycles. The van der Waals surface area contributed by atoms with Gasteiger partial charge in [0.05, 0.1) is 15.3 Å². The van der Waals surface area contributed by atoms with Crippen molar-refractivity contribution < 1.29 is 17.8 Å². The van der Waals surface area contributed by atoms with Crippen LogP contribution in [0.5, 0.6) is 0 Å². The number of rotatable bonds is 4. The van der Waals surface area contributed by atoms with E-state index in [1.54, 1.807) is 47.5 Å². The Morgan fingerprint density at radius 3 is 2.78 bits per heavy atom. The maximum Gasteiger partial charge on any atom is 0.259 e. The molecule has 1 amide bonds. The molecule has 4 rings (SSSR count). The Bertz CT molecular complexity index is 1280. The van der Waals surface area contributed by atoms with Crippen LogP contribution in [-0.4, -0.2) is 45.4 Å². The third kappa shape index (κ3) is 4.85. The summed E-state index contributed by atoms with van der Waals surface area (Å²) in [6.45, 7) is 0.429. The Morgan fingerprint density at radius 2 is 2.00 bits per heavy atom. The minimum Gasteiger partial charge on any atom is -0.356 e. The molecule has 1 fully saturated rings. The maximum atomic E-state index is 13.9. The van der Waals surface area contributed by atoms with Crippen molar-refractivity contribution in [1.82, 2.24) is 9.97 Å². The lowest BCUT2D eigenvalue weighted by molar-refractivity contribution is -0.0102. The molecule has 1 aromatic carbocycles. The van der Waals surface area contributed by atoms with E-state index in [1.165, 1.54) is 12.3 Å². The number of halogens is 2. The molecule has 168 valence electrons. The van der Waals surface area contributed by atoms with E-state index in [4.69, 9.17) is 4.78 Å². The molecule has 3 heterocycles. The number of nitrogens with zero attached hydrogens (tertiary/aromatic N) is 3. The Labute approximate surface area is 184 Å². The van der Waals surface area contributed by atoms with Crippen LogP contribution in [0, 0.1) is 4.78 Å². The lowest BCUT2D eigenvalue weighted by Gasteiger charge is -2.24. The summed E-state index contributed by atoms with van der Waals surface area (Å²) in [5.74, 6) is -2.91. The molecule has 32 heavy (non-hydrogen) atoms. The molecule has 2 aromatic heterocycles. The predicted molar refractivity (Wildman–Crippen MR) is 120 cm³/mol. The Hall–Kier alpha value is -3.14. The van der Waals surface area contributed by atoms with Crippen molar-refractivity contribution in [3.05, 3.63) is 54.2 Å². The van der Waals surface area contributed by atoms with Crippen molar-refractivity contribution in [2.24, 2.45) is 0 Å². The second kappa shape index (κ2) is 8.42. The van der Waals surface area contributed by atoms with Gasteiger partial charge in [-0.2, -0.15) is 0 Å². The van der Waals surface area contributed by atoms with Gasteiger partial charge < -0.3 is 10.2 Å². The maximum absolute atomic E-state index is 13.9. The standard InChI is InChI=1S/C22H23F2N5O2S/c1-32(25,31)17-7-2-6-16(14-17)27-21(30)18-13-15-5-3-10-26-19(15)28-20(18)29-11-4-8-22(23,24)9-12-29/h2-3,5-7,10,13-14,25H,4,8-9,11-12H2,1H3,(H,27,30). The molecular formula is C22H23F2N5O2S. The molecule has 3 aromatic rings. The van der Waals surface area contributed by atoms with Crippen LogP contribution in [0.1, 0.15) is 29.6 Å². The predicted octanol–water partition coefficient (Wildman–Crippen LogP) is 4.54. The average Bonchev–Trinajstić information content (AvgIpc) is 2.92. The molecule has 1 saturated heterocycles. The number of nitrogens with one attached hydrogen (secondary N) is 2. The van der Waals surface area contributed by atoms with Gasteiger partial charge in [0.25, 0.3) is 5.91 Å². The fourth-order valence-electron chi connectivity index (χ4n) is 3.69. The van der Waals surface area contributed by atoms with Crippen LogP contribution >= 0.6 is 0 Å². The highest BCUT2D eigenvalue weighted by Crippen LogP contribution is 2.32. The second-order valence-electron chi connectivity index (χ2n) is 7.93. The van der Waals surface area contributed by atoms with Gasteiger partial charge in [-0.1, -0.05) is 6.07 Å². The Balaban J connectivity index is 1.72. The molecule has 2 N–H and O–H groups in total. The topological polar surface area (TPSA) is 99.0 Å². The minimum atomic E-state index is -2.95. The van der Waals surface area contributed by atoms with Crippen molar-refractivity contribution in [3.8, 4) is 0 Å². The van der Waals surface area contributed by atoms with Crippen LogP contribution in [-0.2, 0) is 9.73 Å². The zero-order valence-corrected chi connectivity index (χ0v) is 18.3. The normalized spacial score (nSPS) is 18.0. The SMILES string of the molecule is CS(=N)(=O)c1cccc(NC(=O)c2cc3cccnc3nc2N2CCCC(F)(F)CC2)c1. The molecule has 0 radical (unpaired) electrons. The lowest BCUT2D eigenvalue weighted by Crippen LogP contribution is -2.29. The first-order valence-electron chi connectivity index (χ1n) is 10.2. The smallest absolute Gasteiger partial charge is 0.259 e. The van der Waals surface area contributed by atoms with Gasteiger partial charge in [-0.05, 0) is 42.8 Å². The van der Waals surface area contributed by atoms with Gasteiger partial charge in [0.15, 0.2) is 5.65 Å². The summed E-state index contributed by atoms with van der Waals surface area (Å²) in [5, 5.41) is 3.41. The second-order valence-corrected chi connectivity index (χ2v) is 10.1. The number of aromatic nitrogens is 2. The van der Waals surface area contributed by atoms with Crippen LogP contribution in [0.3, 0.4) is 0 Å². The van der Waals surface area contributed by atoms with Crippen LogP contribution in [0.15, 0.2) is 53.6 Å². The lowest BCUT2D eigenvalue weighted by atomic mass is 10.1. The number of hydrogen-bond acceptors (Lipinski definition) is 6. The van der Waals surface area contributed by atoms with Gasteiger partial charge in [-0.3, -0.25) is 4.79 Å². The summed E-state index contributed by atoms with van der Waals surface area (Å²) < 4.78 is 47.6. The van der Waals surface area contributed by atoms with Gasteiger partial charge in [0.1, 0.15) is 5.82 Å². The third-order valence-corrected chi connectivity index (χ3v) is 6.53. The zero-order chi connectivity index (χ0) is 22.9. The average molecular weight is 460 g/mol. The largest absolute Gasteiger partial charge is 0.356 e. The van der Waals surface area contributed by atoms with Gasteiger partial charge >= 0.3 is 0 Å². The quantitative estimate of drug-likeness (QED) is 0.597. The van der Waals surface area contributed by atoms with Crippen molar-refractivity contribution in [2.75, 3.05) is 29.6 Å². The number of pyridine rings is 2. The molecule has 0 saturated carbocycles. The van der Waals surface area contributed by atoms with E-state index in [1.807, 2.05) is 0 Å². The molecule has 1 unspecified atom stereocenters. The number of carbonyl (C=O) groups is 1. The van der Waals surface area contributed by atoms with Crippen LogP contribution < -0.4 is 10.2 Å². The summed E-state index contributed by atoms with van der Waals surface area (Å²) in [4.78, 5) is 24.0. The van der Waals surface area contributed by atoms with Gasteiger partial charge in [-0.15, -0.1) is 0 Å². The third-order valence-electron chi connectivity index (χ3n) is 5.37. The van der Waals surface area contributed by atoms with E-state index in [9.17, 15) is 17.8 Å². The summed E-state index contributed by atoms with van der Waals surface area (Å²) in [5.41, 5.74) is 1.05. The summed E-state index contributed by atoms with van der Waals surface area (Å²) in [6, 6.07) is 11.5. The van der Waals surface area contributed by atoms with Crippen molar-refractivity contribution in [2.45, 2.75) is 30.1 Å². The first kappa shape index (κ1) is 22.1. The number of benzene rings is 1. The van der Waals surface area contributed by atoms with E-state index in [2.05, 4.69) is 15.3 Å². The van der Waals surface area contributed by atoms with Crippen molar-refractivity contribution in [3.63, 3.8) is 0 Å². The summed E-state index contributed by atoms with van der Waals surface area (Å²) in [6.07, 6.45) is 2.66. The van der Waals surface area contributed by atoms with Gasteiger partial charge in [0.2, 0.25) is 5.92 Å². The number of anilines is 2. The number of hydrogen-bond donors (Lipinski definition) is 2. The molecule has 1 aliphatic rings. The zero-order valence-electron chi connectivity index (χ0n) is 17.5. The number of fused-ring (bicyclic) bond motifs is 1. The first-order chi connectivity index (χ1) is 15.1. The molecule has 10 heteroatoms. The van der Waals surface area contributed by atoms with E-state index in [-0.39, 0.29) is 31.4 Å². The monoisotopic (exact) mass is 459 g/mol. The van der Waals surface area contributed by atoms with E-state index >= 15 is 0 Å². The summed E-state index contributed by atoms with van der Waals surface area (Å²) in [7, 11) is -2.95. The van der Waals surface area contributed by atoms with Gasteiger partial charge in [-0.25, -0.2) is 27.7 Å². The highest BCUT2D eigenvalue weighted by atomic mass is 32.2. The molecular weight excluding hydrogens is 436 g/mol. The van der Waals surface area contributed by atoms with E-state index in [0.29, 0.717) is 34.0 Å². The molecule has 0 spiro atoms. The molecule has 0 bridgehead atoms. The Morgan fingerprint density at radius 1 is 1.19 bits per heavy atom. The molecule has 1 atom stereocenters. The molecule has 7 nitrogen and oxygen atoms in total. The fraction of sp³-hybridized carbons (Fsp3) is 0.318. The van der Waals surface area contributed by atoms with E-state index in [0.717, 1.165) is 0 Å². The Kier molecular flexibility index (Phi) is 5.81. The van der Waals surface area contributed by atoms with Crippen molar-refractivity contribution in [1.29, 1.82) is 4.78 Å². The van der Waals surface area contributed by atoms with Crippen LogP contribution in [0.2, 0.25) is 0 Å². The number of carbonyl (C=O) groups excluding carboxylic acids is 1.